The Hall–Kier alpha value is -0.900. The Morgan fingerprint density at radius 3 is 2.59 bits per heavy atom. The molecule has 1 unspecified atom stereocenters. The van der Waals surface area contributed by atoms with Gasteiger partial charge in [0.1, 0.15) is 6.10 Å². The fourth-order valence-electron chi connectivity index (χ4n) is 1.89. The second-order valence-corrected chi connectivity index (χ2v) is 4.67. The lowest BCUT2D eigenvalue weighted by atomic mass is 10.00. The van der Waals surface area contributed by atoms with E-state index in [1.165, 1.54) is 11.1 Å². The highest BCUT2D eigenvalue weighted by Gasteiger charge is 2.18. The summed E-state index contributed by atoms with van der Waals surface area (Å²) in [5, 5.41) is 3.20. The van der Waals surface area contributed by atoms with Crippen LogP contribution in [0.2, 0.25) is 0 Å². The van der Waals surface area contributed by atoms with Crippen molar-refractivity contribution in [1.82, 2.24) is 5.32 Å². The van der Waals surface area contributed by atoms with Crippen molar-refractivity contribution in [2.75, 3.05) is 26.8 Å². The van der Waals surface area contributed by atoms with Gasteiger partial charge in [-0.05, 0) is 24.1 Å². The maximum absolute atomic E-state index is 5.67. The van der Waals surface area contributed by atoms with E-state index in [2.05, 4.69) is 36.5 Å². The summed E-state index contributed by atoms with van der Waals surface area (Å²) in [6.07, 6.45) is 0.304. The summed E-state index contributed by atoms with van der Waals surface area (Å²) in [6, 6.07) is 8.69. The Morgan fingerprint density at radius 2 is 2.06 bits per heavy atom. The second kappa shape index (κ2) is 6.15. The molecule has 0 saturated carbocycles. The molecule has 0 bridgehead atoms. The van der Waals surface area contributed by atoms with Crippen LogP contribution in [0.3, 0.4) is 0 Å². The number of nitrogens with one attached hydrogen (secondary N) is 1. The van der Waals surface area contributed by atoms with E-state index >= 15 is 0 Å². The molecular formula is C14H21NO2. The van der Waals surface area contributed by atoms with Crippen LogP contribution >= 0.6 is 0 Å². The summed E-state index contributed by atoms with van der Waals surface area (Å²) in [4.78, 5) is 0. The van der Waals surface area contributed by atoms with E-state index in [4.69, 9.17) is 9.47 Å². The quantitative estimate of drug-likeness (QED) is 0.817. The van der Waals surface area contributed by atoms with Crippen LogP contribution in [0.1, 0.15) is 24.0 Å². The number of ether oxygens (including phenoxy) is 2. The first kappa shape index (κ1) is 12.6. The van der Waals surface area contributed by atoms with Crippen molar-refractivity contribution < 1.29 is 9.47 Å². The van der Waals surface area contributed by atoms with Crippen molar-refractivity contribution in [2.24, 2.45) is 0 Å². The van der Waals surface area contributed by atoms with Gasteiger partial charge in [-0.2, -0.15) is 0 Å². The van der Waals surface area contributed by atoms with Crippen LogP contribution < -0.4 is 5.32 Å². The summed E-state index contributed by atoms with van der Waals surface area (Å²) >= 11 is 0. The molecule has 1 aliphatic heterocycles. The number of hydrogen-bond acceptors (Lipinski definition) is 3. The molecule has 1 N–H and O–H groups in total. The highest BCUT2D eigenvalue weighted by atomic mass is 16.6. The van der Waals surface area contributed by atoms with Crippen LogP contribution in [0.25, 0.3) is 0 Å². The van der Waals surface area contributed by atoms with Gasteiger partial charge in [0.2, 0.25) is 0 Å². The van der Waals surface area contributed by atoms with Crippen molar-refractivity contribution in [3.8, 4) is 0 Å². The molecular weight excluding hydrogens is 214 g/mol. The summed E-state index contributed by atoms with van der Waals surface area (Å²) in [7, 11) is 1.99. The summed E-state index contributed by atoms with van der Waals surface area (Å²) in [5.41, 5.74) is 2.60. The molecule has 3 heteroatoms. The molecule has 1 saturated heterocycles. The monoisotopic (exact) mass is 235 g/mol. The van der Waals surface area contributed by atoms with Crippen molar-refractivity contribution >= 4 is 0 Å². The topological polar surface area (TPSA) is 30.5 Å². The minimum absolute atomic E-state index is 0.304. The van der Waals surface area contributed by atoms with Crippen LogP contribution in [0.15, 0.2) is 24.3 Å². The van der Waals surface area contributed by atoms with Crippen molar-refractivity contribution in [3.63, 3.8) is 0 Å². The Morgan fingerprint density at radius 1 is 1.35 bits per heavy atom. The van der Waals surface area contributed by atoms with Gasteiger partial charge in [0.25, 0.3) is 0 Å². The lowest BCUT2D eigenvalue weighted by Gasteiger charge is -2.26. The van der Waals surface area contributed by atoms with Gasteiger partial charge in [0.05, 0.1) is 19.8 Å². The molecule has 1 aromatic carbocycles. The number of rotatable bonds is 6. The Balaban J connectivity index is 1.83. The third kappa shape index (κ3) is 3.53. The minimum Gasteiger partial charge on any atom is -0.376 e. The Bertz CT molecular complexity index is 333. The molecule has 0 spiro atoms. The van der Waals surface area contributed by atoms with Gasteiger partial charge in [-0.25, -0.2) is 0 Å². The minimum atomic E-state index is 0.304. The van der Waals surface area contributed by atoms with Gasteiger partial charge in [-0.1, -0.05) is 31.2 Å². The molecule has 0 radical (unpaired) electrons. The zero-order valence-electron chi connectivity index (χ0n) is 10.6. The van der Waals surface area contributed by atoms with E-state index in [0.717, 1.165) is 19.8 Å². The molecule has 1 aromatic rings. The first-order valence-electron chi connectivity index (χ1n) is 6.22. The van der Waals surface area contributed by atoms with E-state index in [1.54, 1.807) is 0 Å². The molecule has 1 heterocycles. The Labute approximate surface area is 103 Å². The van der Waals surface area contributed by atoms with Crippen LogP contribution in [0, 0.1) is 0 Å². The van der Waals surface area contributed by atoms with Gasteiger partial charge in [0.15, 0.2) is 0 Å². The molecule has 0 aliphatic carbocycles. The average Bonchev–Trinajstić information content (AvgIpc) is 2.28. The smallest absolute Gasteiger partial charge is 0.105 e. The van der Waals surface area contributed by atoms with E-state index in [9.17, 15) is 0 Å². The van der Waals surface area contributed by atoms with E-state index in [-0.39, 0.29) is 0 Å². The van der Waals surface area contributed by atoms with Crippen molar-refractivity contribution in [2.45, 2.75) is 25.6 Å². The zero-order valence-corrected chi connectivity index (χ0v) is 10.6. The third-order valence-electron chi connectivity index (χ3n) is 3.15. The van der Waals surface area contributed by atoms with Crippen LogP contribution in [-0.4, -0.2) is 32.9 Å². The van der Waals surface area contributed by atoms with E-state index in [0.29, 0.717) is 18.6 Å². The maximum atomic E-state index is 5.67. The summed E-state index contributed by atoms with van der Waals surface area (Å²) in [5.74, 6) is 0.551. The first-order chi connectivity index (χ1) is 8.29. The lowest BCUT2D eigenvalue weighted by molar-refractivity contribution is -0.135. The van der Waals surface area contributed by atoms with Crippen molar-refractivity contribution in [1.29, 1.82) is 0 Å². The molecule has 0 amide bonds. The summed E-state index contributed by atoms with van der Waals surface area (Å²) < 4.78 is 10.7. The highest BCUT2D eigenvalue weighted by Crippen LogP contribution is 2.16. The predicted molar refractivity (Wildman–Crippen MR) is 68.2 cm³/mol. The van der Waals surface area contributed by atoms with Gasteiger partial charge >= 0.3 is 0 Å². The van der Waals surface area contributed by atoms with E-state index in [1.807, 2.05) is 7.05 Å². The van der Waals surface area contributed by atoms with E-state index < -0.39 is 0 Å². The normalized spacial score (nSPS) is 17.8. The van der Waals surface area contributed by atoms with Crippen molar-refractivity contribution in [3.05, 3.63) is 35.4 Å². The SMILES string of the molecule is CNCC(C)c1ccc(COC2COC2)cc1. The van der Waals surface area contributed by atoms with Crippen LogP contribution in [-0.2, 0) is 16.1 Å². The molecule has 1 fully saturated rings. The lowest BCUT2D eigenvalue weighted by Crippen LogP contribution is -2.35. The standard InChI is InChI=1S/C14H21NO2/c1-11(7-15-2)13-5-3-12(4-6-13)8-17-14-9-16-10-14/h3-6,11,14-15H,7-10H2,1-2H3. The largest absolute Gasteiger partial charge is 0.376 e. The van der Waals surface area contributed by atoms with Gasteiger partial charge in [0, 0.05) is 6.54 Å². The summed E-state index contributed by atoms with van der Waals surface area (Å²) in [6.45, 7) is 5.42. The van der Waals surface area contributed by atoms with Gasteiger partial charge in [-0.3, -0.25) is 0 Å². The molecule has 17 heavy (non-hydrogen) atoms. The zero-order chi connectivity index (χ0) is 12.1. The fourth-order valence-corrected chi connectivity index (χ4v) is 1.89. The van der Waals surface area contributed by atoms with Crippen LogP contribution in [0.4, 0.5) is 0 Å². The van der Waals surface area contributed by atoms with Gasteiger partial charge in [-0.15, -0.1) is 0 Å². The number of benzene rings is 1. The number of likely N-dealkylation sites (N-methyl/N-ethyl adjacent to an activating group) is 1. The Kier molecular flexibility index (Phi) is 4.54. The number of hydrogen-bond donors (Lipinski definition) is 1. The maximum Gasteiger partial charge on any atom is 0.105 e. The predicted octanol–water partition coefficient (Wildman–Crippen LogP) is 1.92. The van der Waals surface area contributed by atoms with Crippen LogP contribution in [0.5, 0.6) is 0 Å². The molecule has 2 rings (SSSR count). The molecule has 1 aliphatic rings. The molecule has 3 nitrogen and oxygen atoms in total. The fraction of sp³-hybridized carbons (Fsp3) is 0.571. The van der Waals surface area contributed by atoms with Gasteiger partial charge < -0.3 is 14.8 Å². The highest BCUT2D eigenvalue weighted by molar-refractivity contribution is 5.24. The first-order valence-corrected chi connectivity index (χ1v) is 6.22. The second-order valence-electron chi connectivity index (χ2n) is 4.67. The third-order valence-corrected chi connectivity index (χ3v) is 3.15. The molecule has 94 valence electrons. The molecule has 1 atom stereocenters. The average molecular weight is 235 g/mol. The molecule has 0 aromatic heterocycles.